The van der Waals surface area contributed by atoms with E-state index < -0.39 is 5.97 Å². The van der Waals surface area contributed by atoms with Crippen LogP contribution >= 0.6 is 22.9 Å². The molecule has 3 heterocycles. The van der Waals surface area contributed by atoms with Crippen LogP contribution in [0.5, 0.6) is 0 Å². The highest BCUT2D eigenvalue weighted by Gasteiger charge is 2.18. The Morgan fingerprint density at radius 3 is 2.77 bits per heavy atom. The van der Waals surface area contributed by atoms with Crippen molar-refractivity contribution in [1.29, 1.82) is 0 Å². The first-order chi connectivity index (χ1) is 12.6. The molecule has 0 unspecified atom stereocenters. The zero-order valence-electron chi connectivity index (χ0n) is 13.8. The molecule has 130 valence electrons. The third-order valence-corrected chi connectivity index (χ3v) is 5.23. The number of aryl methyl sites for hydroxylation is 1. The van der Waals surface area contributed by atoms with E-state index in [1.54, 1.807) is 22.9 Å². The summed E-state index contributed by atoms with van der Waals surface area (Å²) in [4.78, 5) is 21.8. The first-order valence-electron chi connectivity index (χ1n) is 7.93. The minimum atomic E-state index is -0.391. The number of hydrogen-bond donors (Lipinski definition) is 0. The maximum Gasteiger partial charge on any atom is 0.350 e. The van der Waals surface area contributed by atoms with E-state index in [2.05, 4.69) is 9.97 Å². The Balaban J connectivity index is 1.50. The van der Waals surface area contributed by atoms with Crippen LogP contribution in [0.3, 0.4) is 0 Å². The molecule has 0 fully saturated rings. The molecule has 4 rings (SSSR count). The van der Waals surface area contributed by atoms with Crippen LogP contribution in [0, 0.1) is 6.92 Å². The standard InChI is InChI=1S/C19H14ClN3O2S/c1-12-17(26-18(21-12)13-5-3-2-4-6-13)19(24)25-11-15-10-23-9-14(20)7-8-16(23)22-15/h2-10H,11H2,1H3. The number of rotatable bonds is 4. The van der Waals surface area contributed by atoms with Gasteiger partial charge in [0.05, 0.1) is 16.4 Å². The molecule has 5 nitrogen and oxygen atoms in total. The summed E-state index contributed by atoms with van der Waals surface area (Å²) in [6.45, 7) is 1.91. The van der Waals surface area contributed by atoms with Gasteiger partial charge in [-0.15, -0.1) is 11.3 Å². The van der Waals surface area contributed by atoms with E-state index in [1.807, 2.05) is 43.3 Å². The van der Waals surface area contributed by atoms with Gasteiger partial charge in [-0.05, 0) is 19.1 Å². The summed E-state index contributed by atoms with van der Waals surface area (Å²) in [6, 6.07) is 13.4. The largest absolute Gasteiger partial charge is 0.455 e. The number of esters is 1. The van der Waals surface area contributed by atoms with Crippen molar-refractivity contribution in [3.63, 3.8) is 0 Å². The SMILES string of the molecule is Cc1nc(-c2ccccc2)sc1C(=O)OCc1cn2cc(Cl)ccc2n1. The Morgan fingerprint density at radius 1 is 1.15 bits per heavy atom. The number of carbonyl (C=O) groups excluding carboxylic acids is 1. The van der Waals surface area contributed by atoms with Gasteiger partial charge in [0.2, 0.25) is 0 Å². The Bertz CT molecular complexity index is 1090. The highest BCUT2D eigenvalue weighted by Crippen LogP contribution is 2.28. The molecule has 3 aromatic heterocycles. The second-order valence-corrected chi connectivity index (χ2v) is 7.16. The van der Waals surface area contributed by atoms with Crippen molar-refractivity contribution in [3.8, 4) is 10.6 Å². The van der Waals surface area contributed by atoms with Crippen LogP contribution in [0.25, 0.3) is 16.2 Å². The van der Waals surface area contributed by atoms with Crippen molar-refractivity contribution >= 4 is 34.6 Å². The van der Waals surface area contributed by atoms with Gasteiger partial charge in [-0.1, -0.05) is 41.9 Å². The molecule has 0 amide bonds. The normalized spacial score (nSPS) is 11.0. The number of hydrogen-bond acceptors (Lipinski definition) is 5. The molecular formula is C19H14ClN3O2S. The average Bonchev–Trinajstić information content (AvgIpc) is 3.23. The molecule has 1 aromatic carbocycles. The smallest absolute Gasteiger partial charge is 0.350 e. The summed E-state index contributed by atoms with van der Waals surface area (Å²) in [5.74, 6) is -0.391. The van der Waals surface area contributed by atoms with Gasteiger partial charge in [-0.2, -0.15) is 0 Å². The Hall–Kier alpha value is -2.70. The van der Waals surface area contributed by atoms with Crippen molar-refractivity contribution in [2.75, 3.05) is 0 Å². The molecule has 0 saturated heterocycles. The first-order valence-corrected chi connectivity index (χ1v) is 9.13. The van der Waals surface area contributed by atoms with Crippen LogP contribution in [0.15, 0.2) is 54.9 Å². The van der Waals surface area contributed by atoms with Crippen molar-refractivity contribution in [3.05, 3.63) is 76.1 Å². The Labute approximate surface area is 158 Å². The minimum absolute atomic E-state index is 0.0934. The molecule has 0 aliphatic rings. The number of carbonyl (C=O) groups is 1. The number of ether oxygens (including phenoxy) is 1. The van der Waals surface area contributed by atoms with Gasteiger partial charge < -0.3 is 9.14 Å². The average molecular weight is 384 g/mol. The van der Waals surface area contributed by atoms with E-state index in [0.29, 0.717) is 21.3 Å². The number of imidazole rings is 1. The first kappa shape index (κ1) is 16.8. The topological polar surface area (TPSA) is 56.5 Å². The quantitative estimate of drug-likeness (QED) is 0.476. The molecule has 0 spiro atoms. The molecule has 4 aromatic rings. The molecule has 0 atom stereocenters. The van der Waals surface area contributed by atoms with Crippen LogP contribution in [-0.2, 0) is 11.3 Å². The number of benzene rings is 1. The van der Waals surface area contributed by atoms with E-state index in [0.717, 1.165) is 16.2 Å². The number of fused-ring (bicyclic) bond motifs is 1. The predicted octanol–water partition coefficient (Wildman–Crippen LogP) is 4.78. The second kappa shape index (κ2) is 6.90. The van der Waals surface area contributed by atoms with Crippen LogP contribution in [0.2, 0.25) is 5.02 Å². The molecule has 0 saturated carbocycles. The summed E-state index contributed by atoms with van der Waals surface area (Å²) < 4.78 is 7.23. The lowest BCUT2D eigenvalue weighted by Crippen LogP contribution is -2.05. The van der Waals surface area contributed by atoms with Crippen molar-refractivity contribution in [2.24, 2.45) is 0 Å². The van der Waals surface area contributed by atoms with Crippen molar-refractivity contribution < 1.29 is 9.53 Å². The van der Waals surface area contributed by atoms with Gasteiger partial charge in [0.1, 0.15) is 22.1 Å². The second-order valence-electron chi connectivity index (χ2n) is 5.72. The molecular weight excluding hydrogens is 370 g/mol. The zero-order valence-corrected chi connectivity index (χ0v) is 15.4. The number of aromatic nitrogens is 3. The van der Waals surface area contributed by atoms with Crippen molar-refractivity contribution in [1.82, 2.24) is 14.4 Å². The van der Waals surface area contributed by atoms with Gasteiger partial charge >= 0.3 is 5.97 Å². The van der Waals surface area contributed by atoms with Gasteiger partial charge in [0, 0.05) is 18.0 Å². The Kier molecular flexibility index (Phi) is 4.44. The zero-order chi connectivity index (χ0) is 18.1. The van der Waals surface area contributed by atoms with E-state index in [4.69, 9.17) is 16.3 Å². The molecule has 26 heavy (non-hydrogen) atoms. The molecule has 0 bridgehead atoms. The van der Waals surface area contributed by atoms with Crippen LogP contribution in [0.4, 0.5) is 0 Å². The van der Waals surface area contributed by atoms with Crippen LogP contribution < -0.4 is 0 Å². The highest BCUT2D eigenvalue weighted by atomic mass is 35.5. The number of nitrogens with zero attached hydrogens (tertiary/aromatic N) is 3. The lowest BCUT2D eigenvalue weighted by atomic mass is 10.2. The molecule has 0 aliphatic carbocycles. The number of halogens is 1. The van der Waals surface area contributed by atoms with Gasteiger partial charge in [0.25, 0.3) is 0 Å². The summed E-state index contributed by atoms with van der Waals surface area (Å²) >= 11 is 7.30. The summed E-state index contributed by atoms with van der Waals surface area (Å²) in [5.41, 5.74) is 3.06. The van der Waals surface area contributed by atoms with Gasteiger partial charge in [-0.3, -0.25) is 0 Å². The van der Waals surface area contributed by atoms with Gasteiger partial charge in [-0.25, -0.2) is 14.8 Å². The molecule has 0 radical (unpaired) electrons. The van der Waals surface area contributed by atoms with Gasteiger partial charge in [0.15, 0.2) is 0 Å². The molecule has 7 heteroatoms. The fraction of sp³-hybridized carbons (Fsp3) is 0.105. The third-order valence-electron chi connectivity index (χ3n) is 3.82. The van der Waals surface area contributed by atoms with Crippen molar-refractivity contribution in [2.45, 2.75) is 13.5 Å². The van der Waals surface area contributed by atoms with Crippen LogP contribution in [0.1, 0.15) is 21.1 Å². The maximum atomic E-state index is 12.4. The number of pyridine rings is 1. The summed E-state index contributed by atoms with van der Waals surface area (Å²) in [6.07, 6.45) is 3.55. The lowest BCUT2D eigenvalue weighted by Gasteiger charge is -2.00. The van der Waals surface area contributed by atoms with E-state index in [9.17, 15) is 4.79 Å². The number of thiazole rings is 1. The fourth-order valence-corrected chi connectivity index (χ4v) is 3.72. The fourth-order valence-electron chi connectivity index (χ4n) is 2.58. The molecule has 0 N–H and O–H groups in total. The Morgan fingerprint density at radius 2 is 1.96 bits per heavy atom. The van der Waals surface area contributed by atoms with Crippen LogP contribution in [-0.4, -0.2) is 20.3 Å². The predicted molar refractivity (Wildman–Crippen MR) is 102 cm³/mol. The highest BCUT2D eigenvalue weighted by molar-refractivity contribution is 7.17. The van der Waals surface area contributed by atoms with E-state index >= 15 is 0 Å². The monoisotopic (exact) mass is 383 g/mol. The van der Waals surface area contributed by atoms with E-state index in [-0.39, 0.29) is 6.61 Å². The molecule has 0 aliphatic heterocycles. The summed E-state index contributed by atoms with van der Waals surface area (Å²) in [5, 5.41) is 1.42. The minimum Gasteiger partial charge on any atom is -0.455 e. The lowest BCUT2D eigenvalue weighted by molar-refractivity contribution is 0.0473. The maximum absolute atomic E-state index is 12.4. The third kappa shape index (κ3) is 3.34. The van der Waals surface area contributed by atoms with E-state index in [1.165, 1.54) is 11.3 Å². The summed E-state index contributed by atoms with van der Waals surface area (Å²) in [7, 11) is 0.